The lowest BCUT2D eigenvalue weighted by Gasteiger charge is -2.17. The minimum absolute atomic E-state index is 0.212. The Bertz CT molecular complexity index is 200. The zero-order valence-electron chi connectivity index (χ0n) is 11.9. The van der Waals surface area contributed by atoms with Crippen LogP contribution in [0.2, 0.25) is 0 Å². The van der Waals surface area contributed by atoms with Crippen LogP contribution in [0.3, 0.4) is 0 Å². The van der Waals surface area contributed by atoms with E-state index in [0.29, 0.717) is 6.54 Å². The molecule has 0 spiro atoms. The standard InChI is InChI=1S/C14H28ClNO2/c1-3-4-5-6-7-8-9-10-11-12-16(13-15)14(17)18-2/h3-13H2,1-2H3. The lowest BCUT2D eigenvalue weighted by Crippen LogP contribution is -2.30. The SMILES string of the molecule is CCCCCCCCCCCN(CCl)C(=O)OC. The van der Waals surface area contributed by atoms with Crippen molar-refractivity contribution in [3.8, 4) is 0 Å². The second kappa shape index (κ2) is 13.0. The van der Waals surface area contributed by atoms with E-state index in [9.17, 15) is 4.79 Å². The molecular formula is C14H28ClNO2. The summed E-state index contributed by atoms with van der Waals surface area (Å²) in [7, 11) is 1.39. The monoisotopic (exact) mass is 277 g/mol. The smallest absolute Gasteiger partial charge is 0.410 e. The average molecular weight is 278 g/mol. The predicted molar refractivity (Wildman–Crippen MR) is 77.1 cm³/mol. The molecule has 0 fully saturated rings. The molecule has 0 aliphatic carbocycles. The Labute approximate surface area is 117 Å². The van der Waals surface area contributed by atoms with Crippen LogP contribution in [0.5, 0.6) is 0 Å². The van der Waals surface area contributed by atoms with Gasteiger partial charge in [-0.2, -0.15) is 0 Å². The third-order valence-electron chi connectivity index (χ3n) is 3.11. The highest BCUT2D eigenvalue weighted by molar-refractivity contribution is 6.18. The summed E-state index contributed by atoms with van der Waals surface area (Å²) in [6.45, 7) is 2.94. The molecule has 0 N–H and O–H groups in total. The number of halogens is 1. The van der Waals surface area contributed by atoms with Crippen molar-refractivity contribution in [2.45, 2.75) is 64.7 Å². The van der Waals surface area contributed by atoms with E-state index >= 15 is 0 Å². The Balaban J connectivity index is 3.31. The number of nitrogens with zero attached hydrogens (tertiary/aromatic N) is 1. The zero-order chi connectivity index (χ0) is 13.6. The summed E-state index contributed by atoms with van der Waals surface area (Å²) in [5.74, 6) is 0. The molecule has 0 rings (SSSR count). The van der Waals surface area contributed by atoms with Gasteiger partial charge in [-0.05, 0) is 6.42 Å². The van der Waals surface area contributed by atoms with Crippen LogP contribution in [0, 0.1) is 0 Å². The maximum atomic E-state index is 11.2. The first kappa shape index (κ1) is 17.6. The quantitative estimate of drug-likeness (QED) is 0.309. The van der Waals surface area contributed by atoms with Crippen LogP contribution >= 0.6 is 11.6 Å². The van der Waals surface area contributed by atoms with Crippen LogP contribution in [0.4, 0.5) is 4.79 Å². The second-order valence-electron chi connectivity index (χ2n) is 4.68. The molecule has 0 aliphatic heterocycles. The highest BCUT2D eigenvalue weighted by atomic mass is 35.5. The summed E-state index contributed by atoms with van der Waals surface area (Å²) in [4.78, 5) is 12.8. The summed E-state index contributed by atoms with van der Waals surface area (Å²) in [5, 5.41) is 0. The van der Waals surface area contributed by atoms with Crippen molar-refractivity contribution < 1.29 is 9.53 Å². The molecule has 0 aliphatic rings. The molecule has 0 aromatic rings. The number of amides is 1. The molecule has 0 saturated heterocycles. The number of carbonyl (C=O) groups is 1. The van der Waals surface area contributed by atoms with Crippen molar-refractivity contribution in [1.29, 1.82) is 0 Å². The van der Waals surface area contributed by atoms with E-state index in [-0.39, 0.29) is 12.1 Å². The van der Waals surface area contributed by atoms with Gasteiger partial charge in [-0.1, -0.05) is 58.3 Å². The molecule has 0 aromatic carbocycles. The van der Waals surface area contributed by atoms with Gasteiger partial charge in [-0.15, -0.1) is 11.6 Å². The van der Waals surface area contributed by atoms with Crippen molar-refractivity contribution in [2.24, 2.45) is 0 Å². The van der Waals surface area contributed by atoms with Gasteiger partial charge < -0.3 is 4.74 Å². The van der Waals surface area contributed by atoms with E-state index in [0.717, 1.165) is 12.8 Å². The van der Waals surface area contributed by atoms with Gasteiger partial charge >= 0.3 is 6.09 Å². The molecule has 0 bridgehead atoms. The van der Waals surface area contributed by atoms with Crippen molar-refractivity contribution in [3.63, 3.8) is 0 Å². The van der Waals surface area contributed by atoms with Crippen molar-refractivity contribution in [1.82, 2.24) is 4.90 Å². The maximum absolute atomic E-state index is 11.2. The van der Waals surface area contributed by atoms with E-state index < -0.39 is 0 Å². The van der Waals surface area contributed by atoms with Gasteiger partial charge in [0.2, 0.25) is 0 Å². The molecule has 18 heavy (non-hydrogen) atoms. The molecule has 0 saturated carbocycles. The maximum Gasteiger partial charge on any atom is 0.410 e. The number of unbranched alkanes of at least 4 members (excludes halogenated alkanes) is 8. The Morgan fingerprint density at radius 3 is 1.94 bits per heavy atom. The third-order valence-corrected chi connectivity index (χ3v) is 3.40. The molecule has 108 valence electrons. The van der Waals surface area contributed by atoms with Gasteiger partial charge in [-0.3, -0.25) is 4.90 Å². The van der Waals surface area contributed by atoms with E-state index in [4.69, 9.17) is 11.6 Å². The lowest BCUT2D eigenvalue weighted by molar-refractivity contribution is 0.130. The number of rotatable bonds is 11. The number of ether oxygens (including phenoxy) is 1. The number of methoxy groups -OCH3 is 1. The van der Waals surface area contributed by atoms with Crippen molar-refractivity contribution in [3.05, 3.63) is 0 Å². The van der Waals surface area contributed by atoms with Gasteiger partial charge in [0, 0.05) is 6.54 Å². The Morgan fingerprint density at radius 1 is 1.00 bits per heavy atom. The minimum Gasteiger partial charge on any atom is -0.453 e. The van der Waals surface area contributed by atoms with Crippen LogP contribution in [0.15, 0.2) is 0 Å². The highest BCUT2D eigenvalue weighted by Crippen LogP contribution is 2.10. The molecule has 1 amide bonds. The summed E-state index contributed by atoms with van der Waals surface area (Å²) < 4.78 is 4.64. The first-order valence-corrected chi connectivity index (χ1v) is 7.68. The molecule has 0 radical (unpaired) electrons. The fourth-order valence-corrected chi connectivity index (χ4v) is 2.16. The lowest BCUT2D eigenvalue weighted by atomic mass is 10.1. The molecular weight excluding hydrogens is 250 g/mol. The molecule has 4 heteroatoms. The number of hydrogen-bond acceptors (Lipinski definition) is 2. The van der Waals surface area contributed by atoms with Crippen molar-refractivity contribution >= 4 is 17.7 Å². The van der Waals surface area contributed by atoms with Gasteiger partial charge in [0.15, 0.2) is 0 Å². The highest BCUT2D eigenvalue weighted by Gasteiger charge is 2.10. The second-order valence-corrected chi connectivity index (χ2v) is 4.92. The van der Waals surface area contributed by atoms with Crippen LogP contribution in [0.1, 0.15) is 64.7 Å². The normalized spacial score (nSPS) is 10.4. The van der Waals surface area contributed by atoms with Gasteiger partial charge in [0.25, 0.3) is 0 Å². The average Bonchev–Trinajstić information content (AvgIpc) is 2.40. The molecule has 0 aromatic heterocycles. The fraction of sp³-hybridized carbons (Fsp3) is 0.929. The molecule has 0 atom stereocenters. The number of hydrogen-bond donors (Lipinski definition) is 0. The van der Waals surface area contributed by atoms with E-state index in [1.807, 2.05) is 0 Å². The first-order chi connectivity index (χ1) is 8.76. The predicted octanol–water partition coefficient (Wildman–Crippen LogP) is 4.78. The number of alkyl halides is 1. The van der Waals surface area contributed by atoms with Crippen molar-refractivity contribution in [2.75, 3.05) is 19.7 Å². The Morgan fingerprint density at radius 2 is 1.50 bits per heavy atom. The fourth-order valence-electron chi connectivity index (χ4n) is 1.94. The Kier molecular flexibility index (Phi) is 12.7. The van der Waals surface area contributed by atoms with Crippen LogP contribution in [-0.4, -0.2) is 30.7 Å². The van der Waals surface area contributed by atoms with E-state index in [2.05, 4.69) is 11.7 Å². The number of carbonyl (C=O) groups excluding carboxylic acids is 1. The van der Waals surface area contributed by atoms with E-state index in [1.165, 1.54) is 57.0 Å². The van der Waals surface area contributed by atoms with Crippen LogP contribution in [0.25, 0.3) is 0 Å². The topological polar surface area (TPSA) is 29.5 Å². The third kappa shape index (κ3) is 9.58. The first-order valence-electron chi connectivity index (χ1n) is 7.15. The van der Waals surface area contributed by atoms with Crippen LogP contribution in [-0.2, 0) is 4.74 Å². The Hall–Kier alpha value is -0.440. The van der Waals surface area contributed by atoms with Crippen LogP contribution < -0.4 is 0 Å². The summed E-state index contributed by atoms with van der Waals surface area (Å²) >= 11 is 5.68. The van der Waals surface area contributed by atoms with Gasteiger partial charge in [0.05, 0.1) is 13.1 Å². The molecule has 0 heterocycles. The van der Waals surface area contributed by atoms with Gasteiger partial charge in [-0.25, -0.2) is 4.79 Å². The van der Waals surface area contributed by atoms with E-state index in [1.54, 1.807) is 0 Å². The summed E-state index contributed by atoms with van der Waals surface area (Å²) in [6, 6.07) is 0.212. The molecule has 0 unspecified atom stereocenters. The minimum atomic E-state index is -0.329. The summed E-state index contributed by atoms with van der Waals surface area (Å²) in [5.41, 5.74) is 0. The zero-order valence-corrected chi connectivity index (χ0v) is 12.7. The molecule has 3 nitrogen and oxygen atoms in total. The summed E-state index contributed by atoms with van der Waals surface area (Å²) in [6.07, 6.45) is 11.2. The largest absolute Gasteiger partial charge is 0.453 e. The van der Waals surface area contributed by atoms with Gasteiger partial charge in [0.1, 0.15) is 0 Å².